The number of hydrazone groups is 1. The van der Waals surface area contributed by atoms with Crippen molar-refractivity contribution in [3.8, 4) is 0 Å². The molecule has 1 amide bonds. The van der Waals surface area contributed by atoms with Crippen LogP contribution in [0, 0.1) is 0 Å². The molecule has 0 spiro atoms. The van der Waals surface area contributed by atoms with E-state index in [9.17, 15) is 13.2 Å². The largest absolute Gasteiger partial charge is 0.382 e. The molecule has 0 unspecified atom stereocenters. The van der Waals surface area contributed by atoms with Gasteiger partial charge >= 0.3 is 0 Å². The Morgan fingerprint density at radius 3 is 2.62 bits per heavy atom. The Labute approximate surface area is 202 Å². The van der Waals surface area contributed by atoms with Crippen LogP contribution < -0.4 is 16.3 Å². The van der Waals surface area contributed by atoms with Crippen LogP contribution in [0.15, 0.2) is 58.0 Å². The number of rotatable bonds is 8. The lowest BCUT2D eigenvalue weighted by atomic mass is 10.0. The van der Waals surface area contributed by atoms with Gasteiger partial charge in [0.05, 0.1) is 20.6 Å². The number of aromatic nitrogens is 1. The van der Waals surface area contributed by atoms with E-state index in [0.717, 1.165) is 35.9 Å². The Morgan fingerprint density at radius 1 is 1.24 bits per heavy atom. The molecule has 5 N–H and O–H groups in total. The Bertz CT molecular complexity index is 1300. The van der Waals surface area contributed by atoms with Crippen LogP contribution in [0.5, 0.6) is 0 Å². The Balaban J connectivity index is 1.61. The maximum absolute atomic E-state index is 13.5. The zero-order valence-electron chi connectivity index (χ0n) is 18.8. The molecule has 1 aromatic heterocycles. The maximum atomic E-state index is 13.5. The number of thiazole rings is 1. The fourth-order valence-electron chi connectivity index (χ4n) is 4.28. The van der Waals surface area contributed by atoms with Crippen LogP contribution in [0.3, 0.4) is 0 Å². The highest BCUT2D eigenvalue weighted by molar-refractivity contribution is 7.89. The quantitative estimate of drug-likeness (QED) is 0.187. The monoisotopic (exact) mass is 500 g/mol. The summed E-state index contributed by atoms with van der Waals surface area (Å²) in [5, 5.41) is 3.48. The molecular formula is C23H28N6O3S2. The highest BCUT2D eigenvalue weighted by Crippen LogP contribution is 2.25. The predicted molar refractivity (Wildman–Crippen MR) is 134 cm³/mol. The molecule has 1 aliphatic rings. The molecule has 0 aliphatic heterocycles. The summed E-state index contributed by atoms with van der Waals surface area (Å²) >= 11 is 1.44. The number of nitrogens with one attached hydrogen (secondary N) is 1. The molecule has 1 saturated carbocycles. The van der Waals surface area contributed by atoms with Crippen molar-refractivity contribution in [1.82, 2.24) is 14.6 Å². The molecule has 0 saturated heterocycles. The van der Waals surface area contributed by atoms with Crippen molar-refractivity contribution in [3.63, 3.8) is 0 Å². The van der Waals surface area contributed by atoms with Crippen molar-refractivity contribution >= 4 is 43.3 Å². The van der Waals surface area contributed by atoms with Crippen LogP contribution in [0.2, 0.25) is 0 Å². The summed E-state index contributed by atoms with van der Waals surface area (Å²) in [7, 11) is -2.21. The molecule has 4 rings (SSSR count). The van der Waals surface area contributed by atoms with E-state index in [-0.39, 0.29) is 29.1 Å². The number of nitrogens with two attached hydrogens (primary N) is 2. The summed E-state index contributed by atoms with van der Waals surface area (Å²) in [6.45, 7) is 0. The molecule has 2 aromatic carbocycles. The normalized spacial score (nSPS) is 16.1. The van der Waals surface area contributed by atoms with E-state index in [4.69, 9.17) is 11.6 Å². The van der Waals surface area contributed by atoms with Crippen molar-refractivity contribution in [1.29, 1.82) is 0 Å². The number of carbonyl (C=O) groups excluding carboxylic acids is 1. The number of amides is 1. The zero-order chi connectivity index (χ0) is 24.3. The molecule has 180 valence electrons. The molecule has 0 bridgehead atoms. The average molecular weight is 501 g/mol. The third-order valence-electron chi connectivity index (χ3n) is 6.26. The first-order valence-corrected chi connectivity index (χ1v) is 13.4. The highest BCUT2D eigenvalue weighted by Gasteiger charge is 2.32. The lowest BCUT2D eigenvalue weighted by Gasteiger charge is -2.29. The summed E-state index contributed by atoms with van der Waals surface area (Å²) in [4.78, 5) is 19.4. The topological polar surface area (TPSA) is 144 Å². The van der Waals surface area contributed by atoms with Gasteiger partial charge in [-0.15, -0.1) is 11.3 Å². The second kappa shape index (κ2) is 10.1. The van der Waals surface area contributed by atoms with Gasteiger partial charge in [0, 0.05) is 18.7 Å². The van der Waals surface area contributed by atoms with Gasteiger partial charge in [-0.05, 0) is 43.0 Å². The number of benzene rings is 2. The molecule has 3 aromatic rings. The molecule has 1 fully saturated rings. The molecule has 11 heteroatoms. The van der Waals surface area contributed by atoms with Crippen molar-refractivity contribution in [2.75, 3.05) is 7.05 Å². The number of sulfonamides is 1. The van der Waals surface area contributed by atoms with E-state index < -0.39 is 16.1 Å². The zero-order valence-corrected chi connectivity index (χ0v) is 20.5. The fraction of sp³-hybridized carbons (Fsp3) is 0.348. The molecule has 34 heavy (non-hydrogen) atoms. The summed E-state index contributed by atoms with van der Waals surface area (Å²) in [5.41, 5.74) is 9.46. The Hall–Kier alpha value is -3.02. The first-order valence-electron chi connectivity index (χ1n) is 11.0. The third-order valence-corrected chi connectivity index (χ3v) is 8.54. The minimum Gasteiger partial charge on any atom is -0.382 e. The van der Waals surface area contributed by atoms with Crippen LogP contribution in [-0.2, 0) is 21.2 Å². The number of fused-ring (bicyclic) bond motifs is 1. The van der Waals surface area contributed by atoms with Crippen molar-refractivity contribution < 1.29 is 13.2 Å². The predicted octanol–water partition coefficient (Wildman–Crippen LogP) is 2.17. The van der Waals surface area contributed by atoms with Gasteiger partial charge in [-0.25, -0.2) is 13.4 Å². The van der Waals surface area contributed by atoms with Gasteiger partial charge in [-0.2, -0.15) is 9.82 Å². The standard InChI is InChI=1S/C23H28N6O3S2/c1-29(17-4-2-3-5-17)23(30)20(12-15-6-8-16(9-7-15)22(24)27-25)28-34(31,32)18-10-11-21-19(13-18)26-14-33-21/h6-11,13-14,17,20,28H,2-5,12,25H2,1H3,(H2,24,27)/t20-/m0/s1. The number of hydrogen-bond acceptors (Lipinski definition) is 7. The summed E-state index contributed by atoms with van der Waals surface area (Å²) in [6.07, 6.45) is 4.17. The first kappa shape index (κ1) is 24.1. The summed E-state index contributed by atoms with van der Waals surface area (Å²) in [5.74, 6) is 5.18. The number of likely N-dealkylation sites (N-methyl/N-ethyl adjacent to an activating group) is 1. The van der Waals surface area contributed by atoms with E-state index in [0.29, 0.717) is 11.1 Å². The minimum atomic E-state index is -3.97. The molecule has 1 heterocycles. The van der Waals surface area contributed by atoms with E-state index >= 15 is 0 Å². The van der Waals surface area contributed by atoms with E-state index in [2.05, 4.69) is 14.8 Å². The number of hydrogen-bond donors (Lipinski definition) is 3. The SMILES string of the molecule is CN(C(=O)[C@H](Cc1ccc(/C(N)=N/N)cc1)NS(=O)(=O)c1ccc2scnc2c1)C1CCCC1. The average Bonchev–Trinajstić information content (AvgIpc) is 3.54. The van der Waals surface area contributed by atoms with Crippen LogP contribution in [0.4, 0.5) is 0 Å². The molecule has 9 nitrogen and oxygen atoms in total. The lowest BCUT2D eigenvalue weighted by Crippen LogP contribution is -2.50. The minimum absolute atomic E-state index is 0.0782. The second-order valence-corrected chi connectivity index (χ2v) is 11.1. The Kier molecular flexibility index (Phi) is 7.15. The van der Waals surface area contributed by atoms with Gasteiger partial charge in [0.15, 0.2) is 0 Å². The second-order valence-electron chi connectivity index (χ2n) is 8.46. The van der Waals surface area contributed by atoms with Crippen LogP contribution in [0.1, 0.15) is 36.8 Å². The van der Waals surface area contributed by atoms with Crippen LogP contribution in [-0.4, -0.2) is 49.2 Å². The molecular weight excluding hydrogens is 472 g/mol. The summed E-state index contributed by atoms with van der Waals surface area (Å²) in [6, 6.07) is 11.0. The van der Waals surface area contributed by atoms with Crippen molar-refractivity contribution in [2.45, 2.75) is 49.1 Å². The van der Waals surface area contributed by atoms with E-state index in [1.54, 1.807) is 47.8 Å². The highest BCUT2D eigenvalue weighted by atomic mass is 32.2. The molecule has 1 aliphatic carbocycles. The molecule has 1 atom stereocenters. The lowest BCUT2D eigenvalue weighted by molar-refractivity contribution is -0.133. The van der Waals surface area contributed by atoms with Crippen LogP contribution >= 0.6 is 11.3 Å². The van der Waals surface area contributed by atoms with Gasteiger partial charge in [-0.3, -0.25) is 4.79 Å². The van der Waals surface area contributed by atoms with Gasteiger partial charge in [-0.1, -0.05) is 37.1 Å². The van der Waals surface area contributed by atoms with Gasteiger partial charge in [0.2, 0.25) is 15.9 Å². The Morgan fingerprint density at radius 2 is 1.94 bits per heavy atom. The third kappa shape index (κ3) is 5.21. The fourth-order valence-corrected chi connectivity index (χ4v) is 6.15. The summed E-state index contributed by atoms with van der Waals surface area (Å²) < 4.78 is 30.1. The number of nitrogens with zero attached hydrogens (tertiary/aromatic N) is 3. The first-order chi connectivity index (χ1) is 16.3. The van der Waals surface area contributed by atoms with Gasteiger partial charge < -0.3 is 16.5 Å². The number of amidine groups is 1. The van der Waals surface area contributed by atoms with E-state index in [1.165, 1.54) is 23.5 Å². The maximum Gasteiger partial charge on any atom is 0.241 e. The molecule has 0 radical (unpaired) electrons. The van der Waals surface area contributed by atoms with Gasteiger partial charge in [0.25, 0.3) is 0 Å². The van der Waals surface area contributed by atoms with E-state index in [1.807, 2.05) is 0 Å². The number of carbonyl (C=O) groups is 1. The van der Waals surface area contributed by atoms with Crippen molar-refractivity contribution in [2.24, 2.45) is 16.7 Å². The van der Waals surface area contributed by atoms with Crippen molar-refractivity contribution in [3.05, 3.63) is 59.1 Å². The van der Waals surface area contributed by atoms with Gasteiger partial charge in [0.1, 0.15) is 11.9 Å². The van der Waals surface area contributed by atoms with Crippen LogP contribution in [0.25, 0.3) is 10.2 Å². The smallest absolute Gasteiger partial charge is 0.241 e.